The first-order valence-electron chi connectivity index (χ1n) is 9.33. The van der Waals surface area contributed by atoms with Gasteiger partial charge in [0.1, 0.15) is 5.60 Å². The Balaban J connectivity index is 2.66. The van der Waals surface area contributed by atoms with Crippen LogP contribution in [-0.4, -0.2) is 35.0 Å². The van der Waals surface area contributed by atoms with E-state index in [0.29, 0.717) is 12.1 Å². The molecule has 5 heteroatoms. The van der Waals surface area contributed by atoms with Crippen molar-refractivity contribution in [3.05, 3.63) is 35.5 Å². The van der Waals surface area contributed by atoms with Gasteiger partial charge in [-0.25, -0.2) is 0 Å². The molecule has 0 bridgehead atoms. The largest absolute Gasteiger partial charge is 0.381 e. The summed E-state index contributed by atoms with van der Waals surface area (Å²) in [6.45, 7) is 9.93. The van der Waals surface area contributed by atoms with E-state index in [1.807, 2.05) is 27.7 Å². The second-order valence-electron chi connectivity index (χ2n) is 8.11. The van der Waals surface area contributed by atoms with E-state index in [1.165, 1.54) is 12.2 Å². The highest BCUT2D eigenvalue weighted by molar-refractivity contribution is 5.93. The first kappa shape index (κ1) is 22.3. The molecule has 0 aromatic heterocycles. The number of ketones is 1. The van der Waals surface area contributed by atoms with Crippen molar-refractivity contribution in [2.75, 3.05) is 6.54 Å². The Kier molecular flexibility index (Phi) is 7.97. The van der Waals surface area contributed by atoms with Crippen LogP contribution in [0.4, 0.5) is 0 Å². The number of unbranched alkanes of at least 4 members (excludes halogenated alkanes) is 1. The standard InChI is InChI=1S/C21H34N2O3/c1-15(12-19(25)23-11-7-6-8-17(3)22)9-10-21(26)16(2)13-18(24)14-20(21,4)5/h9-10,12-13,17,26H,6-8,11,14,22H2,1-5H3,(H,23,25)/b10-9+,15-12-/t17-,21-/m1/s1. The quantitative estimate of drug-likeness (QED) is 0.352. The lowest BCUT2D eigenvalue weighted by Gasteiger charge is -2.44. The van der Waals surface area contributed by atoms with Gasteiger partial charge in [0.2, 0.25) is 5.91 Å². The Bertz CT molecular complexity index is 615. The van der Waals surface area contributed by atoms with Crippen LogP contribution in [0, 0.1) is 5.41 Å². The van der Waals surface area contributed by atoms with Crippen molar-refractivity contribution in [3.63, 3.8) is 0 Å². The van der Waals surface area contributed by atoms with Gasteiger partial charge in [-0.1, -0.05) is 26.3 Å². The minimum Gasteiger partial charge on any atom is -0.381 e. The van der Waals surface area contributed by atoms with E-state index in [4.69, 9.17) is 5.73 Å². The van der Waals surface area contributed by atoms with Gasteiger partial charge in [-0.3, -0.25) is 9.59 Å². The van der Waals surface area contributed by atoms with Crippen LogP contribution in [0.1, 0.15) is 60.3 Å². The third-order valence-electron chi connectivity index (χ3n) is 4.96. The fraction of sp³-hybridized carbons (Fsp3) is 0.619. The lowest BCUT2D eigenvalue weighted by molar-refractivity contribution is -0.121. The second kappa shape index (κ2) is 9.28. The van der Waals surface area contributed by atoms with Crippen molar-refractivity contribution in [1.29, 1.82) is 0 Å². The second-order valence-corrected chi connectivity index (χ2v) is 8.11. The molecule has 0 aromatic rings. The van der Waals surface area contributed by atoms with Crippen molar-refractivity contribution in [1.82, 2.24) is 5.32 Å². The SMILES string of the molecule is CC1=CC(=O)CC(C)(C)[C@@]1(O)/C=C/C(C)=C\C(=O)NCCCC[C@@H](C)N. The number of aliphatic hydroxyl groups is 1. The number of nitrogens with one attached hydrogen (secondary N) is 1. The molecule has 2 atom stereocenters. The molecule has 0 fully saturated rings. The van der Waals surface area contributed by atoms with E-state index in [9.17, 15) is 14.7 Å². The lowest BCUT2D eigenvalue weighted by Crippen LogP contribution is -2.48. The summed E-state index contributed by atoms with van der Waals surface area (Å²) in [7, 11) is 0. The maximum absolute atomic E-state index is 12.0. The highest BCUT2D eigenvalue weighted by atomic mass is 16.3. The molecule has 26 heavy (non-hydrogen) atoms. The summed E-state index contributed by atoms with van der Waals surface area (Å²) in [6.07, 6.45) is 9.59. The predicted molar refractivity (Wildman–Crippen MR) is 106 cm³/mol. The summed E-state index contributed by atoms with van der Waals surface area (Å²) in [5, 5.41) is 13.9. The fourth-order valence-electron chi connectivity index (χ4n) is 3.22. The zero-order valence-corrected chi connectivity index (χ0v) is 16.8. The fourth-order valence-corrected chi connectivity index (χ4v) is 3.22. The molecule has 0 heterocycles. The third kappa shape index (κ3) is 6.22. The van der Waals surface area contributed by atoms with Gasteiger partial charge in [0.15, 0.2) is 5.78 Å². The van der Waals surface area contributed by atoms with Crippen LogP contribution >= 0.6 is 0 Å². The zero-order valence-electron chi connectivity index (χ0n) is 16.8. The van der Waals surface area contributed by atoms with Crippen LogP contribution in [0.15, 0.2) is 35.5 Å². The summed E-state index contributed by atoms with van der Waals surface area (Å²) in [4.78, 5) is 23.7. The lowest BCUT2D eigenvalue weighted by atomic mass is 9.64. The molecule has 5 nitrogen and oxygen atoms in total. The van der Waals surface area contributed by atoms with Crippen molar-refractivity contribution in [3.8, 4) is 0 Å². The molecule has 0 saturated carbocycles. The molecule has 0 spiro atoms. The van der Waals surface area contributed by atoms with Crippen LogP contribution in [0.2, 0.25) is 0 Å². The summed E-state index contributed by atoms with van der Waals surface area (Å²) in [6, 6.07) is 0.195. The van der Waals surface area contributed by atoms with E-state index in [0.717, 1.165) is 24.8 Å². The van der Waals surface area contributed by atoms with E-state index in [1.54, 1.807) is 19.1 Å². The normalized spacial score (nSPS) is 24.5. The van der Waals surface area contributed by atoms with Gasteiger partial charge >= 0.3 is 0 Å². The number of hydrogen-bond donors (Lipinski definition) is 3. The monoisotopic (exact) mass is 362 g/mol. The van der Waals surface area contributed by atoms with E-state index in [2.05, 4.69) is 5.32 Å². The molecule has 0 aromatic carbocycles. The number of rotatable bonds is 8. The van der Waals surface area contributed by atoms with Gasteiger partial charge in [0, 0.05) is 30.5 Å². The van der Waals surface area contributed by atoms with Gasteiger partial charge in [0.05, 0.1) is 0 Å². The Hall–Kier alpha value is -1.72. The molecular formula is C21H34N2O3. The highest BCUT2D eigenvalue weighted by Gasteiger charge is 2.46. The van der Waals surface area contributed by atoms with E-state index in [-0.39, 0.29) is 24.2 Å². The molecule has 1 aliphatic carbocycles. The molecule has 0 saturated heterocycles. The van der Waals surface area contributed by atoms with Gasteiger partial charge in [0.25, 0.3) is 0 Å². The van der Waals surface area contributed by atoms with Crippen LogP contribution < -0.4 is 11.1 Å². The molecule has 0 aliphatic heterocycles. The molecule has 0 radical (unpaired) electrons. The van der Waals surface area contributed by atoms with Gasteiger partial charge < -0.3 is 16.2 Å². The summed E-state index contributed by atoms with van der Waals surface area (Å²) >= 11 is 0. The Morgan fingerprint density at radius 1 is 1.42 bits per heavy atom. The Morgan fingerprint density at radius 2 is 2.08 bits per heavy atom. The average molecular weight is 363 g/mol. The van der Waals surface area contributed by atoms with E-state index < -0.39 is 11.0 Å². The topological polar surface area (TPSA) is 92.4 Å². The van der Waals surface area contributed by atoms with Crippen molar-refractivity contribution >= 4 is 11.7 Å². The van der Waals surface area contributed by atoms with Crippen LogP contribution in [-0.2, 0) is 9.59 Å². The van der Waals surface area contributed by atoms with E-state index >= 15 is 0 Å². The first-order valence-corrected chi connectivity index (χ1v) is 9.33. The number of carbonyl (C=O) groups excluding carboxylic acids is 2. The number of carbonyl (C=O) groups is 2. The first-order chi connectivity index (χ1) is 12.0. The highest BCUT2D eigenvalue weighted by Crippen LogP contribution is 2.44. The third-order valence-corrected chi connectivity index (χ3v) is 4.96. The Labute approximate surface area is 157 Å². The number of amides is 1. The summed E-state index contributed by atoms with van der Waals surface area (Å²) < 4.78 is 0. The molecule has 1 amide bonds. The number of hydrogen-bond acceptors (Lipinski definition) is 4. The van der Waals surface area contributed by atoms with Crippen molar-refractivity contribution in [2.45, 2.75) is 71.9 Å². The summed E-state index contributed by atoms with van der Waals surface area (Å²) in [5.41, 5.74) is 5.27. The predicted octanol–water partition coefficient (Wildman–Crippen LogP) is 2.80. The smallest absolute Gasteiger partial charge is 0.244 e. The van der Waals surface area contributed by atoms with Crippen LogP contribution in [0.25, 0.3) is 0 Å². The van der Waals surface area contributed by atoms with Gasteiger partial charge in [-0.15, -0.1) is 0 Å². The molecular weight excluding hydrogens is 328 g/mol. The molecule has 0 unspecified atom stereocenters. The molecule has 4 N–H and O–H groups in total. The maximum Gasteiger partial charge on any atom is 0.244 e. The minimum absolute atomic E-state index is 0.0289. The maximum atomic E-state index is 12.0. The van der Waals surface area contributed by atoms with Gasteiger partial charge in [-0.2, -0.15) is 0 Å². The average Bonchev–Trinajstić information content (AvgIpc) is 2.49. The molecule has 1 rings (SSSR count). The number of allylic oxidation sites excluding steroid dienone is 3. The van der Waals surface area contributed by atoms with Crippen molar-refractivity contribution in [2.24, 2.45) is 11.1 Å². The molecule has 146 valence electrons. The van der Waals surface area contributed by atoms with Gasteiger partial charge in [-0.05, 0) is 56.9 Å². The van der Waals surface area contributed by atoms with Crippen LogP contribution in [0.3, 0.4) is 0 Å². The number of nitrogens with two attached hydrogens (primary N) is 1. The zero-order chi connectivity index (χ0) is 20.0. The Morgan fingerprint density at radius 3 is 2.65 bits per heavy atom. The van der Waals surface area contributed by atoms with Crippen molar-refractivity contribution < 1.29 is 14.7 Å². The minimum atomic E-state index is -1.20. The summed E-state index contributed by atoms with van der Waals surface area (Å²) in [5.74, 6) is -0.119. The van der Waals surface area contributed by atoms with Crippen LogP contribution in [0.5, 0.6) is 0 Å². The molecule has 1 aliphatic rings.